The highest BCUT2D eigenvalue weighted by Gasteiger charge is 2.27. The number of rotatable bonds is 7. The first-order chi connectivity index (χ1) is 17.4. The fraction of sp³-hybridized carbons (Fsp3) is 0.458. The van der Waals surface area contributed by atoms with E-state index in [4.69, 9.17) is 4.98 Å². The number of anilines is 1. The molecule has 2 aliphatic heterocycles. The number of sulfonamides is 1. The normalized spacial score (nSPS) is 17.6. The minimum Gasteiger partial charge on any atom is -0.338 e. The van der Waals surface area contributed by atoms with Gasteiger partial charge in [-0.1, -0.05) is 19.1 Å². The van der Waals surface area contributed by atoms with Crippen LogP contribution in [0.15, 0.2) is 51.7 Å². The predicted octanol–water partition coefficient (Wildman–Crippen LogP) is 2.58. The third-order valence-electron chi connectivity index (χ3n) is 6.40. The van der Waals surface area contributed by atoms with Gasteiger partial charge < -0.3 is 9.80 Å². The molecule has 0 atom stereocenters. The Morgan fingerprint density at radius 2 is 1.69 bits per heavy atom. The first-order valence-corrected chi connectivity index (χ1v) is 14.5. The lowest BCUT2D eigenvalue weighted by atomic mass is 10.1. The highest BCUT2D eigenvalue weighted by atomic mass is 32.2. The van der Waals surface area contributed by atoms with Crippen LogP contribution in [-0.4, -0.2) is 88.9 Å². The SMILES string of the molecule is CCc1nc(Sc2nccc(-c3cccc(S(=O)(=O)N4CCCC4)c3)n2)nc(N2CCN(C)CC2)n1. The first kappa shape index (κ1) is 25.0. The van der Waals surface area contributed by atoms with Crippen LogP contribution in [-0.2, 0) is 16.4 Å². The van der Waals surface area contributed by atoms with Crippen LogP contribution in [0.25, 0.3) is 11.3 Å². The Morgan fingerprint density at radius 3 is 2.44 bits per heavy atom. The lowest BCUT2D eigenvalue weighted by Crippen LogP contribution is -2.45. The third-order valence-corrected chi connectivity index (χ3v) is 9.04. The molecule has 2 saturated heterocycles. The molecule has 2 aromatic heterocycles. The summed E-state index contributed by atoms with van der Waals surface area (Å²) in [6.45, 7) is 6.84. The summed E-state index contributed by atoms with van der Waals surface area (Å²) in [4.78, 5) is 27.8. The maximum absolute atomic E-state index is 13.0. The molecule has 0 radical (unpaired) electrons. The van der Waals surface area contributed by atoms with Crippen molar-refractivity contribution in [2.75, 3.05) is 51.2 Å². The zero-order valence-corrected chi connectivity index (χ0v) is 22.2. The fourth-order valence-electron chi connectivity index (χ4n) is 4.26. The Morgan fingerprint density at radius 1 is 0.917 bits per heavy atom. The van der Waals surface area contributed by atoms with Crippen molar-refractivity contribution in [1.29, 1.82) is 0 Å². The van der Waals surface area contributed by atoms with E-state index >= 15 is 0 Å². The van der Waals surface area contributed by atoms with Crippen LogP contribution < -0.4 is 4.90 Å². The second-order valence-corrected chi connectivity index (χ2v) is 11.8. The van der Waals surface area contributed by atoms with Crippen molar-refractivity contribution >= 4 is 27.7 Å². The number of aryl methyl sites for hydroxylation is 1. The minimum absolute atomic E-state index is 0.289. The molecular weight excluding hydrogens is 496 g/mol. The molecular formula is C24H30N8O2S2. The van der Waals surface area contributed by atoms with Crippen molar-refractivity contribution < 1.29 is 8.42 Å². The van der Waals surface area contributed by atoms with Gasteiger partial charge in [-0.25, -0.2) is 23.4 Å². The zero-order chi connectivity index (χ0) is 25.1. The molecule has 0 unspecified atom stereocenters. The summed E-state index contributed by atoms with van der Waals surface area (Å²) in [7, 11) is -1.39. The summed E-state index contributed by atoms with van der Waals surface area (Å²) in [6.07, 6.45) is 4.18. The van der Waals surface area contributed by atoms with Gasteiger partial charge in [-0.15, -0.1) is 0 Å². The van der Waals surface area contributed by atoms with Gasteiger partial charge in [0, 0.05) is 57.4 Å². The Labute approximate surface area is 216 Å². The van der Waals surface area contributed by atoms with Crippen LogP contribution in [0.1, 0.15) is 25.6 Å². The Hall–Kier alpha value is -2.67. The average molecular weight is 527 g/mol. The van der Waals surface area contributed by atoms with Gasteiger partial charge in [0.1, 0.15) is 5.82 Å². The standard InChI is InChI=1S/C24H30N8O2S2/c1-3-21-27-22(31-15-13-30(2)14-16-31)29-24(28-21)35-23-25-10-9-20(26-23)18-7-6-8-19(17-18)36(33,34)32-11-4-5-12-32/h6-10,17H,3-5,11-16H2,1-2H3. The lowest BCUT2D eigenvalue weighted by molar-refractivity contribution is 0.310. The molecule has 10 nitrogen and oxygen atoms in total. The summed E-state index contributed by atoms with van der Waals surface area (Å²) < 4.78 is 27.6. The molecule has 0 bridgehead atoms. The van der Waals surface area contributed by atoms with Crippen LogP contribution in [0.5, 0.6) is 0 Å². The van der Waals surface area contributed by atoms with Crippen molar-refractivity contribution in [2.24, 2.45) is 0 Å². The first-order valence-electron chi connectivity index (χ1n) is 12.2. The predicted molar refractivity (Wildman–Crippen MR) is 138 cm³/mol. The van der Waals surface area contributed by atoms with Gasteiger partial charge in [-0.3, -0.25) is 0 Å². The van der Waals surface area contributed by atoms with E-state index in [9.17, 15) is 8.42 Å². The third kappa shape index (κ3) is 5.51. The molecule has 4 heterocycles. The molecule has 0 aliphatic carbocycles. The van der Waals surface area contributed by atoms with Crippen LogP contribution in [0, 0.1) is 0 Å². The summed E-state index contributed by atoms with van der Waals surface area (Å²) in [6, 6.07) is 8.74. The Balaban J connectivity index is 1.39. The Bertz CT molecular complexity index is 1320. The van der Waals surface area contributed by atoms with Crippen LogP contribution in [0.3, 0.4) is 0 Å². The smallest absolute Gasteiger partial charge is 0.243 e. The van der Waals surface area contributed by atoms with E-state index in [1.807, 2.05) is 13.0 Å². The van der Waals surface area contributed by atoms with Gasteiger partial charge in [0.25, 0.3) is 0 Å². The van der Waals surface area contributed by atoms with Gasteiger partial charge in [0.05, 0.1) is 10.6 Å². The molecule has 2 fully saturated rings. The maximum Gasteiger partial charge on any atom is 0.243 e. The number of nitrogens with zero attached hydrogens (tertiary/aromatic N) is 8. The Kier molecular flexibility index (Phi) is 7.47. The maximum atomic E-state index is 13.0. The van der Waals surface area contributed by atoms with Gasteiger partial charge >= 0.3 is 0 Å². The van der Waals surface area contributed by atoms with E-state index in [1.165, 1.54) is 11.8 Å². The van der Waals surface area contributed by atoms with Crippen LogP contribution in [0.4, 0.5) is 5.95 Å². The fourth-order valence-corrected chi connectivity index (χ4v) is 6.53. The largest absolute Gasteiger partial charge is 0.338 e. The summed E-state index contributed by atoms with van der Waals surface area (Å²) in [5, 5.41) is 1.05. The molecule has 2 aliphatic rings. The molecule has 0 N–H and O–H groups in total. The molecule has 3 aromatic rings. The second kappa shape index (κ2) is 10.8. The van der Waals surface area contributed by atoms with Crippen LogP contribution in [0.2, 0.25) is 0 Å². The van der Waals surface area contributed by atoms with E-state index < -0.39 is 10.0 Å². The second-order valence-electron chi connectivity index (χ2n) is 8.94. The summed E-state index contributed by atoms with van der Waals surface area (Å²) >= 11 is 1.29. The van der Waals surface area contributed by atoms with Crippen molar-refractivity contribution in [2.45, 2.75) is 41.4 Å². The van der Waals surface area contributed by atoms with Crippen LogP contribution >= 0.6 is 11.8 Å². The van der Waals surface area contributed by atoms with Crippen molar-refractivity contribution in [3.05, 3.63) is 42.4 Å². The average Bonchev–Trinajstić information content (AvgIpc) is 3.45. The van der Waals surface area contributed by atoms with E-state index in [2.05, 4.69) is 36.8 Å². The molecule has 12 heteroatoms. The monoisotopic (exact) mass is 526 g/mol. The van der Waals surface area contributed by atoms with Crippen molar-refractivity contribution in [3.63, 3.8) is 0 Å². The summed E-state index contributed by atoms with van der Waals surface area (Å²) in [5.74, 6) is 1.42. The molecule has 36 heavy (non-hydrogen) atoms. The molecule has 190 valence electrons. The molecule has 1 aromatic carbocycles. The number of hydrogen-bond donors (Lipinski definition) is 0. The van der Waals surface area contributed by atoms with E-state index in [0.717, 1.165) is 50.4 Å². The molecule has 0 amide bonds. The van der Waals surface area contributed by atoms with E-state index in [0.29, 0.717) is 41.5 Å². The molecule has 0 spiro atoms. The number of piperazine rings is 1. The van der Waals surface area contributed by atoms with Crippen molar-refractivity contribution in [3.8, 4) is 11.3 Å². The number of aromatic nitrogens is 5. The minimum atomic E-state index is -3.50. The quantitative estimate of drug-likeness (QED) is 0.426. The number of benzene rings is 1. The molecule has 0 saturated carbocycles. The summed E-state index contributed by atoms with van der Waals surface area (Å²) in [5.41, 5.74) is 1.37. The van der Waals surface area contributed by atoms with E-state index in [1.54, 1.807) is 34.8 Å². The number of hydrogen-bond acceptors (Lipinski definition) is 10. The van der Waals surface area contributed by atoms with Gasteiger partial charge in [0.2, 0.25) is 21.1 Å². The van der Waals surface area contributed by atoms with Gasteiger partial charge in [-0.2, -0.15) is 14.3 Å². The number of likely N-dealkylation sites (N-methyl/N-ethyl adjacent to an activating group) is 1. The van der Waals surface area contributed by atoms with E-state index in [-0.39, 0.29) is 4.90 Å². The highest BCUT2D eigenvalue weighted by molar-refractivity contribution is 7.99. The van der Waals surface area contributed by atoms with Gasteiger partial charge in [0.15, 0.2) is 5.16 Å². The van der Waals surface area contributed by atoms with Gasteiger partial charge in [-0.05, 0) is 49.9 Å². The van der Waals surface area contributed by atoms with Crippen molar-refractivity contribution in [1.82, 2.24) is 34.1 Å². The molecule has 5 rings (SSSR count). The topological polar surface area (TPSA) is 108 Å². The highest BCUT2D eigenvalue weighted by Crippen LogP contribution is 2.28. The zero-order valence-electron chi connectivity index (χ0n) is 20.5. The lowest BCUT2D eigenvalue weighted by Gasteiger charge is -2.32.